The van der Waals surface area contributed by atoms with E-state index in [9.17, 15) is 4.79 Å². The van der Waals surface area contributed by atoms with Crippen LogP contribution in [0.1, 0.15) is 6.42 Å². The number of rotatable bonds is 8. The van der Waals surface area contributed by atoms with E-state index in [0.29, 0.717) is 33.0 Å². The van der Waals surface area contributed by atoms with Crippen LogP contribution in [-0.2, 0) is 11.3 Å². The van der Waals surface area contributed by atoms with Crippen LogP contribution in [0.2, 0.25) is 10.0 Å². The van der Waals surface area contributed by atoms with Crippen LogP contribution < -0.4 is 9.64 Å². The van der Waals surface area contributed by atoms with Crippen LogP contribution in [0.4, 0.5) is 5.13 Å². The second-order valence-electron chi connectivity index (χ2n) is 6.53. The molecule has 2 aromatic heterocycles. The molecular formula is C21H18Cl2N4O2S. The molecule has 0 aliphatic rings. The van der Waals surface area contributed by atoms with E-state index in [1.165, 1.54) is 11.3 Å². The van der Waals surface area contributed by atoms with Crippen molar-refractivity contribution in [2.75, 3.05) is 18.1 Å². The van der Waals surface area contributed by atoms with Gasteiger partial charge in [0.1, 0.15) is 11.3 Å². The van der Waals surface area contributed by atoms with Gasteiger partial charge >= 0.3 is 0 Å². The maximum Gasteiger partial charge on any atom is 0.266 e. The molecule has 0 spiro atoms. The molecule has 154 valence electrons. The first-order valence-corrected chi connectivity index (χ1v) is 10.9. The van der Waals surface area contributed by atoms with Crippen LogP contribution in [0.15, 0.2) is 61.2 Å². The maximum atomic E-state index is 13.0. The Morgan fingerprint density at radius 2 is 2.00 bits per heavy atom. The highest BCUT2D eigenvalue weighted by Gasteiger charge is 2.21. The number of ether oxygens (including phenoxy) is 1. The Kier molecular flexibility index (Phi) is 6.52. The summed E-state index contributed by atoms with van der Waals surface area (Å²) in [5.41, 5.74) is 0.699. The first-order valence-electron chi connectivity index (χ1n) is 9.30. The van der Waals surface area contributed by atoms with Crippen LogP contribution >= 0.6 is 34.5 Å². The lowest BCUT2D eigenvalue weighted by Crippen LogP contribution is -2.36. The molecule has 0 bridgehead atoms. The number of aryl methyl sites for hydroxylation is 1. The molecule has 30 heavy (non-hydrogen) atoms. The molecule has 0 saturated carbocycles. The SMILES string of the molecule is O=C(COc1ccc(Cl)cc1)N(CCCn1ccnc1)c1nc2c(Cl)cccc2s1. The van der Waals surface area contributed by atoms with Crippen molar-refractivity contribution in [3.63, 3.8) is 0 Å². The van der Waals surface area contributed by atoms with Crippen molar-refractivity contribution in [2.45, 2.75) is 13.0 Å². The Morgan fingerprint density at radius 1 is 1.17 bits per heavy atom. The number of para-hydroxylation sites is 1. The smallest absolute Gasteiger partial charge is 0.266 e. The first kappa shape index (κ1) is 20.7. The van der Waals surface area contributed by atoms with Gasteiger partial charge in [-0.15, -0.1) is 0 Å². The number of benzene rings is 2. The average Bonchev–Trinajstić information content (AvgIpc) is 3.41. The van der Waals surface area contributed by atoms with Gasteiger partial charge in [0, 0.05) is 30.5 Å². The Bertz CT molecular complexity index is 1130. The minimum absolute atomic E-state index is 0.101. The topological polar surface area (TPSA) is 60.2 Å². The maximum absolute atomic E-state index is 13.0. The van der Waals surface area contributed by atoms with Crippen molar-refractivity contribution in [1.29, 1.82) is 0 Å². The zero-order valence-electron chi connectivity index (χ0n) is 15.9. The molecule has 1 amide bonds. The molecule has 0 atom stereocenters. The number of amides is 1. The number of hydrogen-bond donors (Lipinski definition) is 0. The fraction of sp³-hybridized carbons (Fsp3) is 0.190. The summed E-state index contributed by atoms with van der Waals surface area (Å²) in [6, 6.07) is 12.5. The summed E-state index contributed by atoms with van der Waals surface area (Å²) in [4.78, 5) is 23.4. The molecule has 0 aliphatic heterocycles. The van der Waals surface area contributed by atoms with Crippen molar-refractivity contribution in [3.8, 4) is 5.75 Å². The molecule has 0 fully saturated rings. The minimum Gasteiger partial charge on any atom is -0.484 e. The molecule has 0 saturated heterocycles. The van der Waals surface area contributed by atoms with Gasteiger partial charge in [0.15, 0.2) is 11.7 Å². The van der Waals surface area contributed by atoms with Crippen molar-refractivity contribution in [3.05, 3.63) is 71.2 Å². The van der Waals surface area contributed by atoms with Crippen molar-refractivity contribution in [2.24, 2.45) is 0 Å². The van der Waals surface area contributed by atoms with Crippen molar-refractivity contribution < 1.29 is 9.53 Å². The van der Waals surface area contributed by atoms with E-state index in [2.05, 4.69) is 9.97 Å². The summed E-state index contributed by atoms with van der Waals surface area (Å²) in [6.07, 6.45) is 6.13. The van der Waals surface area contributed by atoms with Crippen molar-refractivity contribution in [1.82, 2.24) is 14.5 Å². The number of imidazole rings is 1. The summed E-state index contributed by atoms with van der Waals surface area (Å²) in [7, 11) is 0. The lowest BCUT2D eigenvalue weighted by atomic mass is 10.3. The summed E-state index contributed by atoms with van der Waals surface area (Å²) in [5.74, 6) is 0.407. The summed E-state index contributed by atoms with van der Waals surface area (Å²) in [6.45, 7) is 1.14. The molecule has 2 heterocycles. The predicted molar refractivity (Wildman–Crippen MR) is 121 cm³/mol. The highest BCUT2D eigenvalue weighted by Crippen LogP contribution is 2.33. The highest BCUT2D eigenvalue weighted by atomic mass is 35.5. The largest absolute Gasteiger partial charge is 0.484 e. The van der Waals surface area contributed by atoms with Gasteiger partial charge in [-0.3, -0.25) is 9.69 Å². The number of carbonyl (C=O) groups is 1. The Morgan fingerprint density at radius 3 is 2.73 bits per heavy atom. The fourth-order valence-corrected chi connectivity index (χ4v) is 4.36. The zero-order valence-corrected chi connectivity index (χ0v) is 18.2. The molecule has 6 nitrogen and oxygen atoms in total. The Hall–Kier alpha value is -2.61. The Labute approximate surface area is 187 Å². The molecule has 4 rings (SSSR count). The lowest BCUT2D eigenvalue weighted by Gasteiger charge is -2.20. The van der Waals surface area contributed by atoms with E-state index in [-0.39, 0.29) is 12.5 Å². The highest BCUT2D eigenvalue weighted by molar-refractivity contribution is 7.22. The molecular weight excluding hydrogens is 443 g/mol. The van der Waals surface area contributed by atoms with Gasteiger partial charge in [-0.2, -0.15) is 0 Å². The standard InChI is InChI=1S/C21H18Cl2N4O2S/c22-15-5-7-16(8-6-15)29-13-19(28)27(11-2-10-26-12-9-24-14-26)21-25-20-17(23)3-1-4-18(20)30-21/h1,3-9,12,14H,2,10-11,13H2. The number of anilines is 1. The van der Waals surface area contributed by atoms with Gasteiger partial charge < -0.3 is 9.30 Å². The summed E-state index contributed by atoms with van der Waals surface area (Å²) in [5, 5.41) is 1.79. The van der Waals surface area contributed by atoms with Gasteiger partial charge in [0.25, 0.3) is 5.91 Å². The summed E-state index contributed by atoms with van der Waals surface area (Å²) < 4.78 is 8.57. The lowest BCUT2D eigenvalue weighted by molar-refractivity contribution is -0.120. The van der Waals surface area contributed by atoms with Gasteiger partial charge in [-0.05, 0) is 42.8 Å². The van der Waals surface area contributed by atoms with E-state index in [0.717, 1.165) is 17.7 Å². The number of aromatic nitrogens is 3. The van der Waals surface area contributed by atoms with E-state index < -0.39 is 0 Å². The van der Waals surface area contributed by atoms with Crippen LogP contribution in [0.25, 0.3) is 10.2 Å². The third-order valence-corrected chi connectivity index (χ3v) is 6.02. The number of carbonyl (C=O) groups excluding carboxylic acids is 1. The normalized spacial score (nSPS) is 11.0. The molecule has 0 radical (unpaired) electrons. The number of fused-ring (bicyclic) bond motifs is 1. The van der Waals surface area contributed by atoms with Crippen LogP contribution in [0.5, 0.6) is 5.75 Å². The van der Waals surface area contributed by atoms with E-state index in [1.54, 1.807) is 47.8 Å². The zero-order chi connectivity index (χ0) is 20.9. The number of nitrogens with zero attached hydrogens (tertiary/aromatic N) is 4. The third-order valence-electron chi connectivity index (χ3n) is 4.42. The van der Waals surface area contributed by atoms with Gasteiger partial charge in [-0.1, -0.05) is 40.6 Å². The molecule has 0 N–H and O–H groups in total. The fourth-order valence-electron chi connectivity index (χ4n) is 2.93. The predicted octanol–water partition coefficient (Wildman–Crippen LogP) is 5.30. The number of thiazole rings is 1. The van der Waals surface area contributed by atoms with Gasteiger partial charge in [0.2, 0.25) is 0 Å². The van der Waals surface area contributed by atoms with E-state index >= 15 is 0 Å². The molecule has 9 heteroatoms. The molecule has 0 aliphatic carbocycles. The van der Waals surface area contributed by atoms with Gasteiger partial charge in [-0.25, -0.2) is 9.97 Å². The second kappa shape index (κ2) is 9.47. The monoisotopic (exact) mass is 460 g/mol. The number of hydrogen-bond acceptors (Lipinski definition) is 5. The summed E-state index contributed by atoms with van der Waals surface area (Å²) >= 11 is 13.6. The van der Waals surface area contributed by atoms with Crippen LogP contribution in [-0.4, -0.2) is 33.6 Å². The quantitative estimate of drug-likeness (QED) is 0.357. The Balaban J connectivity index is 1.51. The minimum atomic E-state index is -0.175. The van der Waals surface area contributed by atoms with Crippen molar-refractivity contribution >= 4 is 55.8 Å². The first-order chi connectivity index (χ1) is 14.6. The molecule has 4 aromatic rings. The van der Waals surface area contributed by atoms with E-state index in [4.69, 9.17) is 27.9 Å². The second-order valence-corrected chi connectivity index (χ2v) is 8.38. The average molecular weight is 461 g/mol. The molecule has 0 unspecified atom stereocenters. The molecule has 2 aromatic carbocycles. The third kappa shape index (κ3) is 4.92. The van der Waals surface area contributed by atoms with Crippen LogP contribution in [0.3, 0.4) is 0 Å². The van der Waals surface area contributed by atoms with Gasteiger partial charge in [0.05, 0.1) is 16.0 Å². The number of halogens is 2. The van der Waals surface area contributed by atoms with E-state index in [1.807, 2.05) is 22.9 Å². The van der Waals surface area contributed by atoms with Crippen LogP contribution in [0, 0.1) is 0 Å².